The third-order valence-electron chi connectivity index (χ3n) is 4.11. The molecule has 1 unspecified atom stereocenters. The number of piperidine rings is 1. The Morgan fingerprint density at radius 1 is 1.38 bits per heavy atom. The highest BCUT2D eigenvalue weighted by Gasteiger charge is 2.26. The van der Waals surface area contributed by atoms with Gasteiger partial charge in [0.15, 0.2) is 0 Å². The molecule has 7 heteroatoms. The van der Waals surface area contributed by atoms with Crippen LogP contribution in [0.15, 0.2) is 34.9 Å². The number of rotatable bonds is 5. The normalized spacial score (nSPS) is 18.5. The molecule has 6 nitrogen and oxygen atoms in total. The van der Waals surface area contributed by atoms with Gasteiger partial charge in [-0.15, -0.1) is 0 Å². The number of carbonyl (C=O) groups excluding carboxylic acids is 1. The second-order valence-electron chi connectivity index (χ2n) is 5.95. The molecule has 2 aromatic rings. The van der Waals surface area contributed by atoms with E-state index in [0.29, 0.717) is 29.7 Å². The number of furan rings is 1. The highest BCUT2D eigenvalue weighted by Crippen LogP contribution is 2.21. The molecule has 2 aromatic heterocycles. The number of amides is 1. The Morgan fingerprint density at radius 3 is 2.92 bits per heavy atom. The van der Waals surface area contributed by atoms with Gasteiger partial charge in [-0.3, -0.25) is 9.69 Å². The average molecular weight is 350 g/mol. The van der Waals surface area contributed by atoms with E-state index in [4.69, 9.17) is 21.1 Å². The third-order valence-corrected chi connectivity index (χ3v) is 4.33. The number of halogens is 1. The largest absolute Gasteiger partial charge is 0.462 e. The molecule has 0 saturated carbocycles. The lowest BCUT2D eigenvalue weighted by atomic mass is 9.97. The van der Waals surface area contributed by atoms with E-state index in [0.717, 1.165) is 25.1 Å². The van der Waals surface area contributed by atoms with Crippen LogP contribution >= 0.6 is 11.6 Å². The predicted octanol–water partition coefficient (Wildman–Crippen LogP) is 2.67. The molecule has 1 aliphatic heterocycles. The Balaban J connectivity index is 1.56. The third kappa shape index (κ3) is 4.35. The highest BCUT2D eigenvalue weighted by molar-refractivity contribution is 6.30. The quantitative estimate of drug-likeness (QED) is 0.867. The summed E-state index contributed by atoms with van der Waals surface area (Å²) in [6.07, 6.45) is 3.33. The van der Waals surface area contributed by atoms with Gasteiger partial charge in [0.05, 0.1) is 17.5 Å². The monoisotopic (exact) mass is 349 g/mol. The second-order valence-corrected chi connectivity index (χ2v) is 6.39. The van der Waals surface area contributed by atoms with Crippen LogP contribution in [0.1, 0.15) is 24.4 Å². The first-order valence-electron chi connectivity index (χ1n) is 7.97. The first kappa shape index (κ1) is 17.0. The Labute approximate surface area is 145 Å². The number of hydrogen-bond acceptors (Lipinski definition) is 5. The summed E-state index contributed by atoms with van der Waals surface area (Å²) in [4.78, 5) is 18.7. The minimum absolute atomic E-state index is 0.0231. The smallest absolute Gasteiger partial charge is 0.229 e. The van der Waals surface area contributed by atoms with Crippen LogP contribution in [0.5, 0.6) is 0 Å². The Hall–Kier alpha value is -1.89. The molecule has 1 aliphatic rings. The fraction of sp³-hybridized carbons (Fsp3) is 0.412. The lowest BCUT2D eigenvalue weighted by Crippen LogP contribution is -2.40. The molecular formula is C17H20ClN3O3. The van der Waals surface area contributed by atoms with E-state index < -0.39 is 0 Å². The fourth-order valence-electron chi connectivity index (χ4n) is 2.90. The van der Waals surface area contributed by atoms with Crippen molar-refractivity contribution in [2.75, 3.05) is 18.4 Å². The van der Waals surface area contributed by atoms with Gasteiger partial charge in [-0.25, -0.2) is 4.98 Å². The topological polar surface area (TPSA) is 78.6 Å². The predicted molar refractivity (Wildman–Crippen MR) is 90.5 cm³/mol. The van der Waals surface area contributed by atoms with Crippen molar-refractivity contribution in [3.8, 4) is 0 Å². The first-order valence-corrected chi connectivity index (χ1v) is 8.35. The van der Waals surface area contributed by atoms with Gasteiger partial charge >= 0.3 is 0 Å². The van der Waals surface area contributed by atoms with Gasteiger partial charge < -0.3 is 14.8 Å². The molecule has 3 heterocycles. The average Bonchev–Trinajstić information content (AvgIpc) is 3.05. The molecule has 1 atom stereocenters. The van der Waals surface area contributed by atoms with Crippen LogP contribution in [-0.4, -0.2) is 34.0 Å². The molecule has 1 fully saturated rings. The van der Waals surface area contributed by atoms with Gasteiger partial charge in [-0.1, -0.05) is 11.6 Å². The first-order chi connectivity index (χ1) is 11.6. The molecule has 0 bridgehead atoms. The zero-order valence-corrected chi connectivity index (χ0v) is 14.0. The molecule has 3 rings (SSSR count). The minimum atomic E-state index is -0.0981. The summed E-state index contributed by atoms with van der Waals surface area (Å²) < 4.78 is 5.52. The molecule has 1 saturated heterocycles. The molecule has 2 N–H and O–H groups in total. The Morgan fingerprint density at radius 2 is 2.21 bits per heavy atom. The van der Waals surface area contributed by atoms with Gasteiger partial charge in [0.2, 0.25) is 5.91 Å². The molecule has 0 spiro atoms. The van der Waals surface area contributed by atoms with Crippen molar-refractivity contribution in [1.82, 2.24) is 9.88 Å². The number of carbonyl (C=O) groups is 1. The second kappa shape index (κ2) is 7.79. The van der Waals surface area contributed by atoms with Crippen molar-refractivity contribution in [2.45, 2.75) is 26.0 Å². The highest BCUT2D eigenvalue weighted by atomic mass is 35.5. The van der Waals surface area contributed by atoms with E-state index in [1.165, 1.54) is 6.20 Å². The van der Waals surface area contributed by atoms with Crippen molar-refractivity contribution in [2.24, 2.45) is 5.92 Å². The summed E-state index contributed by atoms with van der Waals surface area (Å²) in [6, 6.07) is 7.04. The summed E-state index contributed by atoms with van der Waals surface area (Å²) in [5, 5.41) is 12.4. The summed E-state index contributed by atoms with van der Waals surface area (Å²) in [7, 11) is 0. The van der Waals surface area contributed by atoms with Crippen molar-refractivity contribution >= 4 is 23.3 Å². The lowest BCUT2D eigenvalue weighted by molar-refractivity contribution is -0.121. The minimum Gasteiger partial charge on any atom is -0.462 e. The molecule has 128 valence electrons. The van der Waals surface area contributed by atoms with Crippen LogP contribution < -0.4 is 5.32 Å². The van der Waals surface area contributed by atoms with E-state index in [-0.39, 0.29) is 18.4 Å². The van der Waals surface area contributed by atoms with Crippen LogP contribution in [0.25, 0.3) is 0 Å². The van der Waals surface area contributed by atoms with Gasteiger partial charge in [-0.05, 0) is 43.7 Å². The van der Waals surface area contributed by atoms with Gasteiger partial charge in [0.1, 0.15) is 23.9 Å². The number of pyridine rings is 1. The van der Waals surface area contributed by atoms with E-state index in [9.17, 15) is 4.79 Å². The zero-order chi connectivity index (χ0) is 16.9. The number of aromatic nitrogens is 1. The number of nitrogens with zero attached hydrogens (tertiary/aromatic N) is 2. The summed E-state index contributed by atoms with van der Waals surface area (Å²) in [6.45, 7) is 2.15. The standard InChI is InChI=1S/C17H20ClN3O3/c18-13-3-6-16(19-8-13)20-17(23)12-2-1-7-21(9-12)10-14-4-5-15(11-22)24-14/h3-6,8,12,22H,1-2,7,9-11H2,(H,19,20,23). The Kier molecular flexibility index (Phi) is 5.50. The van der Waals surface area contributed by atoms with E-state index >= 15 is 0 Å². The maximum Gasteiger partial charge on any atom is 0.229 e. The van der Waals surface area contributed by atoms with Crippen LogP contribution in [0, 0.1) is 5.92 Å². The van der Waals surface area contributed by atoms with Crippen molar-refractivity contribution in [3.05, 3.63) is 47.0 Å². The molecule has 24 heavy (non-hydrogen) atoms. The Bertz CT molecular complexity index is 687. The zero-order valence-electron chi connectivity index (χ0n) is 13.2. The number of aliphatic hydroxyl groups is 1. The van der Waals surface area contributed by atoms with Crippen molar-refractivity contribution < 1.29 is 14.3 Å². The van der Waals surface area contributed by atoms with E-state index in [1.807, 2.05) is 6.07 Å². The van der Waals surface area contributed by atoms with Crippen LogP contribution in [0.4, 0.5) is 5.82 Å². The van der Waals surface area contributed by atoms with Gasteiger partial charge in [0.25, 0.3) is 0 Å². The number of likely N-dealkylation sites (tertiary alicyclic amines) is 1. The lowest BCUT2D eigenvalue weighted by Gasteiger charge is -2.31. The van der Waals surface area contributed by atoms with Gasteiger partial charge in [-0.2, -0.15) is 0 Å². The number of aliphatic hydroxyl groups excluding tert-OH is 1. The molecule has 1 amide bonds. The van der Waals surface area contributed by atoms with Crippen molar-refractivity contribution in [1.29, 1.82) is 0 Å². The summed E-state index contributed by atoms with van der Waals surface area (Å²) >= 11 is 5.80. The fourth-order valence-corrected chi connectivity index (χ4v) is 3.02. The summed E-state index contributed by atoms with van der Waals surface area (Å²) in [5.41, 5.74) is 0. The van der Waals surface area contributed by atoms with Crippen molar-refractivity contribution in [3.63, 3.8) is 0 Å². The molecule has 0 radical (unpaired) electrons. The maximum atomic E-state index is 12.4. The maximum absolute atomic E-state index is 12.4. The molecular weight excluding hydrogens is 330 g/mol. The molecule has 0 aliphatic carbocycles. The van der Waals surface area contributed by atoms with Crippen LogP contribution in [0.3, 0.4) is 0 Å². The SMILES string of the molecule is O=C(Nc1ccc(Cl)cn1)C1CCCN(Cc2ccc(CO)o2)C1. The number of anilines is 1. The van der Waals surface area contributed by atoms with Crippen LogP contribution in [0.2, 0.25) is 5.02 Å². The summed E-state index contributed by atoms with van der Waals surface area (Å²) in [5.74, 6) is 1.78. The van der Waals surface area contributed by atoms with E-state index in [2.05, 4.69) is 15.2 Å². The number of hydrogen-bond donors (Lipinski definition) is 2. The molecule has 0 aromatic carbocycles. The van der Waals surface area contributed by atoms with Gasteiger partial charge in [0, 0.05) is 12.7 Å². The van der Waals surface area contributed by atoms with E-state index in [1.54, 1.807) is 18.2 Å². The number of nitrogens with one attached hydrogen (secondary N) is 1. The van der Waals surface area contributed by atoms with Crippen LogP contribution in [-0.2, 0) is 17.9 Å².